The smallest absolute Gasteiger partial charge is 0.185 e. The number of hydrogen-bond donors (Lipinski definition) is 0. The molecule has 8 heavy (non-hydrogen) atoms. The number of piperidine rings is 1. The van der Waals surface area contributed by atoms with E-state index >= 15 is 0 Å². The van der Waals surface area contributed by atoms with Crippen LogP contribution in [0.15, 0.2) is 0 Å². The molecule has 0 N–H and O–H groups in total. The molecule has 1 rings (SSSR count). The molecule has 0 aromatic rings. The Morgan fingerprint density at radius 1 is 1.38 bits per heavy atom. The van der Waals surface area contributed by atoms with Crippen LogP contribution in [-0.2, 0) is 0 Å². The first kappa shape index (κ1) is 6.15. The van der Waals surface area contributed by atoms with Gasteiger partial charge in [0.25, 0.3) is 0 Å². The van der Waals surface area contributed by atoms with E-state index in [9.17, 15) is 0 Å². The van der Waals surface area contributed by atoms with E-state index in [4.69, 9.17) is 0 Å². The standard InChI is InChI=1S/C6H14BN/c1-6-2-4-8(7)5-3-6/h6H,2-5,7H2,1H3. The van der Waals surface area contributed by atoms with Crippen LogP contribution in [0, 0.1) is 5.92 Å². The van der Waals surface area contributed by atoms with Crippen molar-refractivity contribution in [3.63, 3.8) is 0 Å². The first-order valence-electron chi connectivity index (χ1n) is 3.47. The van der Waals surface area contributed by atoms with E-state index in [1.807, 2.05) is 0 Å². The third-order valence-electron chi connectivity index (χ3n) is 2.01. The van der Waals surface area contributed by atoms with Crippen molar-refractivity contribution in [2.45, 2.75) is 19.8 Å². The van der Waals surface area contributed by atoms with Crippen LogP contribution in [0.2, 0.25) is 0 Å². The van der Waals surface area contributed by atoms with Gasteiger partial charge >= 0.3 is 0 Å². The van der Waals surface area contributed by atoms with E-state index in [0.29, 0.717) is 0 Å². The van der Waals surface area contributed by atoms with E-state index < -0.39 is 0 Å². The zero-order valence-corrected chi connectivity index (χ0v) is 5.85. The lowest BCUT2D eigenvalue weighted by Gasteiger charge is -2.26. The van der Waals surface area contributed by atoms with Crippen molar-refractivity contribution in [2.75, 3.05) is 13.1 Å². The fourth-order valence-corrected chi connectivity index (χ4v) is 1.14. The van der Waals surface area contributed by atoms with Crippen molar-refractivity contribution in [3.8, 4) is 0 Å². The van der Waals surface area contributed by atoms with Gasteiger partial charge in [0.05, 0.1) is 0 Å². The predicted molar refractivity (Wildman–Crippen MR) is 38.5 cm³/mol. The highest BCUT2D eigenvalue weighted by atomic mass is 15.0. The second-order valence-electron chi connectivity index (χ2n) is 2.99. The Morgan fingerprint density at radius 2 is 1.88 bits per heavy atom. The van der Waals surface area contributed by atoms with Gasteiger partial charge in [-0.2, -0.15) is 0 Å². The zero-order chi connectivity index (χ0) is 5.98. The molecule has 1 fully saturated rings. The van der Waals surface area contributed by atoms with Crippen molar-refractivity contribution in [1.82, 2.24) is 4.81 Å². The highest BCUT2D eigenvalue weighted by Gasteiger charge is 2.10. The molecule has 1 nitrogen and oxygen atoms in total. The van der Waals surface area contributed by atoms with Crippen LogP contribution in [0.3, 0.4) is 0 Å². The molecule has 1 aliphatic heterocycles. The summed E-state index contributed by atoms with van der Waals surface area (Å²) in [5.74, 6) is 0.978. The number of nitrogens with zero attached hydrogens (tertiary/aromatic N) is 1. The Balaban J connectivity index is 2.19. The topological polar surface area (TPSA) is 3.24 Å². The summed E-state index contributed by atoms with van der Waals surface area (Å²) in [6.45, 7) is 4.95. The first-order valence-corrected chi connectivity index (χ1v) is 3.47. The fourth-order valence-electron chi connectivity index (χ4n) is 1.14. The van der Waals surface area contributed by atoms with Gasteiger partial charge in [0.2, 0.25) is 0 Å². The van der Waals surface area contributed by atoms with Gasteiger partial charge in [-0.05, 0) is 31.8 Å². The maximum Gasteiger partial charge on any atom is 0.185 e. The average molecular weight is 111 g/mol. The molecule has 0 bridgehead atoms. The molecule has 1 aliphatic rings. The van der Waals surface area contributed by atoms with Gasteiger partial charge in [-0.1, -0.05) is 6.92 Å². The van der Waals surface area contributed by atoms with Gasteiger partial charge in [-0.15, -0.1) is 0 Å². The quantitative estimate of drug-likeness (QED) is 0.405. The zero-order valence-electron chi connectivity index (χ0n) is 5.85. The molecule has 0 atom stereocenters. The van der Waals surface area contributed by atoms with Gasteiger partial charge < -0.3 is 4.81 Å². The molecule has 46 valence electrons. The maximum atomic E-state index is 2.40. The predicted octanol–water partition coefficient (Wildman–Crippen LogP) is 0.266. The van der Waals surface area contributed by atoms with Gasteiger partial charge in [0, 0.05) is 0 Å². The van der Waals surface area contributed by atoms with Gasteiger partial charge in [-0.3, -0.25) is 0 Å². The number of hydrogen-bond acceptors (Lipinski definition) is 1. The van der Waals surface area contributed by atoms with Crippen LogP contribution in [0.1, 0.15) is 19.8 Å². The monoisotopic (exact) mass is 111 g/mol. The Kier molecular flexibility index (Phi) is 1.95. The summed E-state index contributed by atoms with van der Waals surface area (Å²) in [6.07, 6.45) is 2.80. The Hall–Kier alpha value is 0.0249. The molecule has 0 unspecified atom stereocenters. The summed E-state index contributed by atoms with van der Waals surface area (Å²) < 4.78 is 0. The minimum absolute atomic E-state index is 0.978. The summed E-state index contributed by atoms with van der Waals surface area (Å²) in [5, 5.41) is 0. The molecule has 0 radical (unpaired) electrons. The molecule has 0 aromatic heterocycles. The van der Waals surface area contributed by atoms with Crippen molar-refractivity contribution in [3.05, 3.63) is 0 Å². The van der Waals surface area contributed by atoms with E-state index in [0.717, 1.165) is 5.92 Å². The molecule has 0 aromatic carbocycles. The average Bonchev–Trinajstić information content (AvgIpc) is 1.77. The highest BCUT2D eigenvalue weighted by molar-refractivity contribution is 6.04. The van der Waals surface area contributed by atoms with E-state index in [1.54, 1.807) is 0 Å². The van der Waals surface area contributed by atoms with Gasteiger partial charge in [-0.25, -0.2) is 0 Å². The molecule has 0 spiro atoms. The third-order valence-corrected chi connectivity index (χ3v) is 2.01. The highest BCUT2D eigenvalue weighted by Crippen LogP contribution is 2.13. The molecule has 1 heterocycles. The largest absolute Gasteiger partial charge is 0.349 e. The normalized spacial score (nSPS) is 26.1. The molecule has 0 saturated carbocycles. The molecular formula is C6H14BN. The molecule has 2 heteroatoms. The lowest BCUT2D eigenvalue weighted by Crippen LogP contribution is -2.30. The van der Waals surface area contributed by atoms with Crippen LogP contribution in [-0.4, -0.2) is 25.9 Å². The molecule has 0 aliphatic carbocycles. The van der Waals surface area contributed by atoms with Gasteiger partial charge in [0.15, 0.2) is 7.98 Å². The van der Waals surface area contributed by atoms with Crippen LogP contribution in [0.5, 0.6) is 0 Å². The Labute approximate surface area is 52.5 Å². The third kappa shape index (κ3) is 1.51. The van der Waals surface area contributed by atoms with Crippen LogP contribution >= 0.6 is 0 Å². The number of rotatable bonds is 0. The minimum atomic E-state index is 0.978. The van der Waals surface area contributed by atoms with E-state index in [-0.39, 0.29) is 0 Å². The fraction of sp³-hybridized carbons (Fsp3) is 1.00. The van der Waals surface area contributed by atoms with Crippen LogP contribution in [0.25, 0.3) is 0 Å². The lowest BCUT2D eigenvalue weighted by atomic mass is 9.97. The maximum absolute atomic E-state index is 2.40. The van der Waals surface area contributed by atoms with E-state index in [2.05, 4.69) is 19.7 Å². The summed E-state index contributed by atoms with van der Waals surface area (Å²) in [4.78, 5) is 2.40. The molecule has 0 amide bonds. The SMILES string of the molecule is BN1CCC(C)CC1. The second kappa shape index (κ2) is 2.54. The lowest BCUT2D eigenvalue weighted by molar-refractivity contribution is 0.298. The summed E-state index contributed by atoms with van der Waals surface area (Å²) >= 11 is 0. The first-order chi connectivity index (χ1) is 3.79. The summed E-state index contributed by atoms with van der Waals surface area (Å²) in [5.41, 5.74) is 0. The Morgan fingerprint density at radius 3 is 2.25 bits per heavy atom. The van der Waals surface area contributed by atoms with Crippen molar-refractivity contribution in [1.29, 1.82) is 0 Å². The Bertz CT molecular complexity index is 56.9. The van der Waals surface area contributed by atoms with Crippen molar-refractivity contribution in [2.24, 2.45) is 5.92 Å². The second-order valence-corrected chi connectivity index (χ2v) is 2.99. The molecular weight excluding hydrogens is 96.9 g/mol. The minimum Gasteiger partial charge on any atom is -0.349 e. The summed E-state index contributed by atoms with van der Waals surface area (Å²) in [6, 6.07) is 0. The summed E-state index contributed by atoms with van der Waals surface area (Å²) in [7, 11) is 2.20. The van der Waals surface area contributed by atoms with Crippen LogP contribution in [0.4, 0.5) is 0 Å². The molecule has 1 saturated heterocycles. The van der Waals surface area contributed by atoms with Gasteiger partial charge in [0.1, 0.15) is 0 Å². The van der Waals surface area contributed by atoms with Crippen molar-refractivity contribution < 1.29 is 0 Å². The van der Waals surface area contributed by atoms with E-state index in [1.165, 1.54) is 25.9 Å². The van der Waals surface area contributed by atoms with Crippen LogP contribution < -0.4 is 0 Å². The van der Waals surface area contributed by atoms with Crippen molar-refractivity contribution >= 4 is 7.98 Å².